The van der Waals surface area contributed by atoms with E-state index in [9.17, 15) is 4.79 Å². The van der Waals surface area contributed by atoms with E-state index in [4.69, 9.17) is 15.5 Å². The van der Waals surface area contributed by atoms with Crippen LogP contribution in [0.3, 0.4) is 0 Å². The molecule has 0 aliphatic rings. The lowest BCUT2D eigenvalue weighted by Gasteiger charge is -2.12. The van der Waals surface area contributed by atoms with Crippen LogP contribution in [0.15, 0.2) is 0 Å². The third kappa shape index (κ3) is 7.42. The van der Waals surface area contributed by atoms with Gasteiger partial charge in [0.15, 0.2) is 0 Å². The van der Waals surface area contributed by atoms with Gasteiger partial charge >= 0.3 is 5.97 Å². The van der Waals surface area contributed by atoms with Crippen LogP contribution in [0.5, 0.6) is 0 Å². The molecule has 0 aromatic heterocycles. The van der Waals surface area contributed by atoms with E-state index < -0.39 is 12.1 Å². The second kappa shape index (κ2) is 5.90. The minimum absolute atomic E-state index is 0.0601. The Labute approximate surface area is 69.8 Å². The number of aliphatic carboxylic acids is 1. The minimum atomic E-state index is -0.868. The van der Waals surface area contributed by atoms with Crippen LogP contribution < -0.4 is 0 Å². The monoisotopic (exact) mass is 179 g/mol. The molecule has 6 nitrogen and oxygen atoms in total. The third-order valence-corrected chi connectivity index (χ3v) is 1.28. The highest BCUT2D eigenvalue weighted by molar-refractivity contribution is 5.66. The second-order valence-electron chi connectivity index (χ2n) is 2.45. The maximum Gasteiger partial charge on any atom is 0.303 e. The zero-order valence-electron chi connectivity index (χ0n) is 6.80. The van der Waals surface area contributed by atoms with Crippen LogP contribution in [0.25, 0.3) is 0 Å². The molecule has 0 saturated carbocycles. The number of hydrogen-bond acceptors (Lipinski definition) is 5. The van der Waals surface area contributed by atoms with Gasteiger partial charge in [-0.2, -0.15) is 0 Å². The van der Waals surface area contributed by atoms with Crippen molar-refractivity contribution in [2.24, 2.45) is 0 Å². The quantitative estimate of drug-likeness (QED) is 0.518. The summed E-state index contributed by atoms with van der Waals surface area (Å²) in [4.78, 5) is 14.4. The Morgan fingerprint density at radius 2 is 2.17 bits per heavy atom. The standard InChI is InChI=1S/C6H13NO5/c1-5(12-7(10)11)3-2-4-6(8)9/h5,10-11H,2-4H2,1H3,(H,8,9)/t5-/m0/s1. The largest absolute Gasteiger partial charge is 0.481 e. The van der Waals surface area contributed by atoms with Gasteiger partial charge in [-0.1, -0.05) is 0 Å². The Morgan fingerprint density at radius 3 is 2.58 bits per heavy atom. The van der Waals surface area contributed by atoms with Gasteiger partial charge in [0.05, 0.1) is 11.5 Å². The van der Waals surface area contributed by atoms with Gasteiger partial charge in [0.1, 0.15) is 0 Å². The zero-order valence-corrected chi connectivity index (χ0v) is 6.80. The van der Waals surface area contributed by atoms with Crippen molar-refractivity contribution in [3.05, 3.63) is 0 Å². The van der Waals surface area contributed by atoms with Crippen LogP contribution in [-0.2, 0) is 9.63 Å². The molecule has 0 amide bonds. The van der Waals surface area contributed by atoms with Crippen LogP contribution in [-0.4, -0.2) is 33.0 Å². The van der Waals surface area contributed by atoms with E-state index in [0.717, 1.165) is 0 Å². The fourth-order valence-corrected chi connectivity index (χ4v) is 0.754. The summed E-state index contributed by atoms with van der Waals surface area (Å²) >= 11 is 0. The van der Waals surface area contributed by atoms with Crippen molar-refractivity contribution in [2.45, 2.75) is 32.3 Å². The minimum Gasteiger partial charge on any atom is -0.481 e. The van der Waals surface area contributed by atoms with Crippen LogP contribution in [0, 0.1) is 0 Å². The molecule has 0 radical (unpaired) electrons. The normalized spacial score (nSPS) is 13.3. The predicted molar refractivity (Wildman–Crippen MR) is 37.4 cm³/mol. The molecule has 0 spiro atoms. The number of carboxylic acids is 1. The lowest BCUT2D eigenvalue weighted by molar-refractivity contribution is -0.503. The summed E-state index contributed by atoms with van der Waals surface area (Å²) in [6.07, 6.45) is 0.568. The molecule has 0 saturated heterocycles. The van der Waals surface area contributed by atoms with Crippen molar-refractivity contribution in [3.8, 4) is 0 Å². The molecule has 0 aromatic carbocycles. The van der Waals surface area contributed by atoms with Crippen molar-refractivity contribution >= 4 is 5.97 Å². The van der Waals surface area contributed by atoms with Gasteiger partial charge < -0.3 is 5.11 Å². The highest BCUT2D eigenvalue weighted by Gasteiger charge is 2.06. The molecule has 6 heteroatoms. The van der Waals surface area contributed by atoms with Gasteiger partial charge in [0.25, 0.3) is 0 Å². The van der Waals surface area contributed by atoms with E-state index in [1.807, 2.05) is 0 Å². The predicted octanol–water partition coefficient (Wildman–Crippen LogP) is 0.642. The molecule has 72 valence electrons. The van der Waals surface area contributed by atoms with Gasteiger partial charge in [-0.15, -0.1) is 0 Å². The Bertz CT molecular complexity index is 138. The maximum atomic E-state index is 10.1. The van der Waals surface area contributed by atoms with Crippen molar-refractivity contribution < 1.29 is 25.2 Å². The maximum absolute atomic E-state index is 10.1. The Morgan fingerprint density at radius 1 is 1.58 bits per heavy atom. The van der Waals surface area contributed by atoms with E-state index in [0.29, 0.717) is 12.8 Å². The summed E-state index contributed by atoms with van der Waals surface area (Å²) in [6, 6.07) is 0. The summed E-state index contributed by atoms with van der Waals surface area (Å²) in [7, 11) is 0. The first-order chi connectivity index (χ1) is 5.52. The van der Waals surface area contributed by atoms with Gasteiger partial charge in [-0.3, -0.25) is 15.2 Å². The molecule has 0 bridgehead atoms. The first-order valence-electron chi connectivity index (χ1n) is 3.59. The van der Waals surface area contributed by atoms with Crippen LogP contribution >= 0.6 is 0 Å². The van der Waals surface area contributed by atoms with E-state index in [-0.39, 0.29) is 11.8 Å². The van der Waals surface area contributed by atoms with Gasteiger partial charge in [0.2, 0.25) is 0 Å². The molecule has 0 rings (SSSR count). The van der Waals surface area contributed by atoms with Crippen LogP contribution in [0.1, 0.15) is 26.2 Å². The molecule has 12 heavy (non-hydrogen) atoms. The van der Waals surface area contributed by atoms with Gasteiger partial charge in [-0.05, 0) is 19.8 Å². The first-order valence-corrected chi connectivity index (χ1v) is 3.59. The van der Waals surface area contributed by atoms with E-state index in [2.05, 4.69) is 4.84 Å². The Hall–Kier alpha value is -0.690. The Kier molecular flexibility index (Phi) is 5.56. The molecular weight excluding hydrogens is 166 g/mol. The van der Waals surface area contributed by atoms with Crippen molar-refractivity contribution in [3.63, 3.8) is 0 Å². The lowest BCUT2D eigenvalue weighted by atomic mass is 10.2. The number of carboxylic acid groups (broad SMARTS) is 1. The van der Waals surface area contributed by atoms with E-state index >= 15 is 0 Å². The molecular formula is C6H13NO5. The van der Waals surface area contributed by atoms with Crippen molar-refractivity contribution in [1.82, 2.24) is 5.39 Å². The first kappa shape index (κ1) is 11.3. The Balaban J connectivity index is 3.31. The molecule has 0 fully saturated rings. The number of hydrogen-bond donors (Lipinski definition) is 3. The van der Waals surface area contributed by atoms with Gasteiger partial charge in [0, 0.05) is 6.42 Å². The second-order valence-corrected chi connectivity index (χ2v) is 2.45. The summed E-state index contributed by atoms with van der Waals surface area (Å²) in [5, 5.41) is 24.3. The summed E-state index contributed by atoms with van der Waals surface area (Å²) in [5.74, 6) is -0.868. The number of carbonyl (C=O) groups is 1. The van der Waals surface area contributed by atoms with Crippen LogP contribution in [0.2, 0.25) is 0 Å². The summed E-state index contributed by atoms with van der Waals surface area (Å²) in [6.45, 7) is 1.61. The number of rotatable bonds is 6. The number of nitrogens with zero attached hydrogens (tertiary/aromatic N) is 1. The van der Waals surface area contributed by atoms with Crippen molar-refractivity contribution in [1.29, 1.82) is 0 Å². The average Bonchev–Trinajstić information content (AvgIpc) is 1.84. The molecule has 0 aliphatic heterocycles. The smallest absolute Gasteiger partial charge is 0.303 e. The summed E-state index contributed by atoms with van der Waals surface area (Å²) < 4.78 is 0. The van der Waals surface area contributed by atoms with E-state index in [1.165, 1.54) is 0 Å². The molecule has 0 aromatic rings. The fourth-order valence-electron chi connectivity index (χ4n) is 0.754. The summed E-state index contributed by atoms with van der Waals surface area (Å²) in [5.41, 5.74) is 0. The lowest BCUT2D eigenvalue weighted by Crippen LogP contribution is -2.21. The molecule has 1 atom stereocenters. The van der Waals surface area contributed by atoms with Crippen molar-refractivity contribution in [2.75, 3.05) is 0 Å². The third-order valence-electron chi connectivity index (χ3n) is 1.28. The fraction of sp³-hybridized carbons (Fsp3) is 0.833. The van der Waals surface area contributed by atoms with E-state index in [1.54, 1.807) is 6.92 Å². The highest BCUT2D eigenvalue weighted by Crippen LogP contribution is 2.04. The zero-order chi connectivity index (χ0) is 9.56. The molecule has 3 N–H and O–H groups in total. The highest BCUT2D eigenvalue weighted by atomic mass is 17.1. The van der Waals surface area contributed by atoms with Gasteiger partial charge in [-0.25, -0.2) is 4.84 Å². The van der Waals surface area contributed by atoms with Crippen LogP contribution in [0.4, 0.5) is 0 Å². The SMILES string of the molecule is C[C@@H](CCCC(=O)O)ON(O)O. The molecule has 0 unspecified atom stereocenters. The topological polar surface area (TPSA) is 90.2 Å². The average molecular weight is 179 g/mol. The molecule has 0 heterocycles. The molecule has 0 aliphatic carbocycles.